The topological polar surface area (TPSA) is 83.7 Å². The Morgan fingerprint density at radius 1 is 1.24 bits per heavy atom. The number of amides is 1. The molecule has 1 saturated carbocycles. The Morgan fingerprint density at radius 2 is 1.92 bits per heavy atom. The van der Waals surface area contributed by atoms with E-state index < -0.39 is 11.5 Å². The van der Waals surface area contributed by atoms with Gasteiger partial charge in [0.15, 0.2) is 11.5 Å². The van der Waals surface area contributed by atoms with Crippen molar-refractivity contribution in [3.05, 3.63) is 49.9 Å². The number of ether oxygens (including phenoxy) is 2. The number of halogens is 2. The average molecular weight is 550 g/mol. The van der Waals surface area contributed by atoms with Crippen LogP contribution in [0.25, 0.3) is 0 Å². The van der Waals surface area contributed by atoms with Gasteiger partial charge >= 0.3 is 0 Å². The molecule has 5 rings (SSSR count). The Morgan fingerprint density at radius 3 is 2.57 bits per heavy atom. The van der Waals surface area contributed by atoms with Crippen molar-refractivity contribution in [3.63, 3.8) is 0 Å². The van der Waals surface area contributed by atoms with Gasteiger partial charge in [0, 0.05) is 53.2 Å². The van der Waals surface area contributed by atoms with E-state index in [0.717, 1.165) is 36.5 Å². The second-order valence-corrected chi connectivity index (χ2v) is 11.9. The number of aryl methyl sites for hydroxylation is 1. The number of fused-ring (bicyclic) bond motifs is 1. The standard InChI is InChI=1S/C27H33ClFN3O4S/c1-15-11-21(37-4)19(25(34)31-15)13-30-24(33)18-12-20(28)23-22(16(18)2)35-26(3,36-23)17-5-9-32(10-6-17)14-27(29)7-8-27/h11-12,17H,5-10,13-14H2,1-4H3,(H,30,33)(H,31,34). The lowest BCUT2D eigenvalue weighted by Gasteiger charge is -2.39. The maximum absolute atomic E-state index is 14.2. The van der Waals surface area contributed by atoms with Gasteiger partial charge in [-0.2, -0.15) is 0 Å². The summed E-state index contributed by atoms with van der Waals surface area (Å²) in [4.78, 5) is 31.4. The molecule has 2 N–H and O–H groups in total. The highest BCUT2D eigenvalue weighted by atomic mass is 35.5. The number of nitrogens with one attached hydrogen (secondary N) is 2. The fourth-order valence-corrected chi connectivity index (χ4v) is 6.30. The second kappa shape index (κ2) is 9.82. The molecule has 2 aromatic rings. The third-order valence-corrected chi connectivity index (χ3v) is 8.88. The van der Waals surface area contributed by atoms with E-state index in [9.17, 15) is 14.0 Å². The number of rotatable bonds is 7. The van der Waals surface area contributed by atoms with E-state index in [1.807, 2.05) is 33.1 Å². The molecular weight excluding hydrogens is 517 g/mol. The molecule has 10 heteroatoms. The molecule has 37 heavy (non-hydrogen) atoms. The number of carbonyl (C=O) groups excluding carboxylic acids is 1. The fraction of sp³-hybridized carbons (Fsp3) is 0.556. The maximum Gasteiger partial charge on any atom is 0.254 e. The average Bonchev–Trinajstić information content (AvgIpc) is 3.45. The highest BCUT2D eigenvalue weighted by Gasteiger charge is 2.49. The zero-order valence-electron chi connectivity index (χ0n) is 21.6. The lowest BCUT2D eigenvalue weighted by atomic mass is 9.89. The minimum Gasteiger partial charge on any atom is -0.448 e. The van der Waals surface area contributed by atoms with E-state index in [1.165, 1.54) is 11.8 Å². The molecule has 3 aliphatic rings. The molecule has 1 amide bonds. The number of H-pyrrole nitrogens is 1. The largest absolute Gasteiger partial charge is 0.448 e. The van der Waals surface area contributed by atoms with Crippen molar-refractivity contribution in [2.45, 2.75) is 69.4 Å². The van der Waals surface area contributed by atoms with Crippen LogP contribution in [0.3, 0.4) is 0 Å². The molecular formula is C27H33ClFN3O4S. The number of aromatic amines is 1. The molecule has 0 radical (unpaired) electrons. The van der Waals surface area contributed by atoms with Gasteiger partial charge in [0.05, 0.1) is 5.02 Å². The third-order valence-electron chi connectivity index (χ3n) is 7.80. The van der Waals surface area contributed by atoms with Gasteiger partial charge in [-0.3, -0.25) is 9.59 Å². The Bertz CT molecular complexity index is 1290. The van der Waals surface area contributed by atoms with E-state index in [4.69, 9.17) is 21.1 Å². The summed E-state index contributed by atoms with van der Waals surface area (Å²) >= 11 is 8.04. The summed E-state index contributed by atoms with van der Waals surface area (Å²) in [5, 5.41) is 3.16. The molecule has 1 saturated heterocycles. The van der Waals surface area contributed by atoms with Crippen molar-refractivity contribution in [3.8, 4) is 11.5 Å². The molecule has 1 aromatic carbocycles. The second-order valence-electron chi connectivity index (χ2n) is 10.6. The number of pyridine rings is 1. The number of alkyl halides is 1. The molecule has 0 spiro atoms. The number of piperidine rings is 1. The van der Waals surface area contributed by atoms with Gasteiger partial charge in [-0.1, -0.05) is 11.6 Å². The zero-order chi connectivity index (χ0) is 26.5. The smallest absolute Gasteiger partial charge is 0.254 e. The summed E-state index contributed by atoms with van der Waals surface area (Å²) in [5.41, 5.74) is 1.08. The first-order valence-electron chi connectivity index (χ1n) is 12.7. The summed E-state index contributed by atoms with van der Waals surface area (Å²) in [5.74, 6) is -0.230. The number of benzene rings is 1. The van der Waals surface area contributed by atoms with Crippen molar-refractivity contribution >= 4 is 29.3 Å². The van der Waals surface area contributed by atoms with Gasteiger partial charge in [0.1, 0.15) is 5.67 Å². The zero-order valence-corrected chi connectivity index (χ0v) is 23.2. The van der Waals surface area contributed by atoms with Crippen molar-refractivity contribution in [2.75, 3.05) is 25.9 Å². The normalized spacial score (nSPS) is 22.8. The van der Waals surface area contributed by atoms with Crippen molar-refractivity contribution in [2.24, 2.45) is 5.92 Å². The fourth-order valence-electron chi connectivity index (χ4n) is 5.36. The van der Waals surface area contributed by atoms with Crippen molar-refractivity contribution in [1.29, 1.82) is 0 Å². The van der Waals surface area contributed by atoms with E-state index in [2.05, 4.69) is 15.2 Å². The van der Waals surface area contributed by atoms with Crippen LogP contribution in [-0.4, -0.2) is 53.1 Å². The molecule has 1 aromatic heterocycles. The van der Waals surface area contributed by atoms with Crippen LogP contribution in [0.5, 0.6) is 11.5 Å². The van der Waals surface area contributed by atoms with E-state index >= 15 is 0 Å². The van der Waals surface area contributed by atoms with Crippen LogP contribution in [-0.2, 0) is 6.54 Å². The summed E-state index contributed by atoms with van der Waals surface area (Å²) in [6, 6.07) is 3.48. The van der Waals surface area contributed by atoms with E-state index in [-0.39, 0.29) is 23.9 Å². The number of thioether (sulfide) groups is 1. The first-order valence-corrected chi connectivity index (χ1v) is 14.3. The Labute approximate surface area is 225 Å². The molecule has 1 unspecified atom stereocenters. The highest BCUT2D eigenvalue weighted by Crippen LogP contribution is 2.51. The number of carbonyl (C=O) groups is 1. The Balaban J connectivity index is 1.29. The van der Waals surface area contributed by atoms with Gasteiger partial charge in [-0.25, -0.2) is 4.39 Å². The van der Waals surface area contributed by atoms with Crippen LogP contribution in [0, 0.1) is 19.8 Å². The highest BCUT2D eigenvalue weighted by molar-refractivity contribution is 7.98. The number of hydrogen-bond donors (Lipinski definition) is 2. The molecule has 200 valence electrons. The van der Waals surface area contributed by atoms with Crippen LogP contribution in [0.15, 0.2) is 21.8 Å². The molecule has 2 aliphatic heterocycles. The summed E-state index contributed by atoms with van der Waals surface area (Å²) < 4.78 is 26.9. The third kappa shape index (κ3) is 5.22. The number of hydrogen-bond acceptors (Lipinski definition) is 6. The quantitative estimate of drug-likeness (QED) is 0.473. The molecule has 1 atom stereocenters. The molecule has 3 heterocycles. The van der Waals surface area contributed by atoms with Crippen LogP contribution >= 0.6 is 23.4 Å². The minimum atomic E-state index is -0.987. The molecule has 0 bridgehead atoms. The summed E-state index contributed by atoms with van der Waals surface area (Å²) in [6.07, 6.45) is 4.88. The monoisotopic (exact) mass is 549 g/mol. The molecule has 1 aliphatic carbocycles. The van der Waals surface area contributed by atoms with Gasteiger partial charge in [0.2, 0.25) is 0 Å². The maximum atomic E-state index is 14.2. The molecule has 7 nitrogen and oxygen atoms in total. The molecule has 2 fully saturated rings. The number of aromatic nitrogens is 1. The van der Waals surface area contributed by atoms with Gasteiger partial charge in [-0.05, 0) is 71.0 Å². The Kier molecular flexibility index (Phi) is 7.00. The van der Waals surface area contributed by atoms with Crippen LogP contribution in [0.1, 0.15) is 59.8 Å². The van der Waals surface area contributed by atoms with E-state index in [1.54, 1.807) is 6.07 Å². The number of nitrogens with zero attached hydrogens (tertiary/aromatic N) is 1. The SMILES string of the molecule is CSc1cc(C)[nH]c(=O)c1CNC(=O)c1cc(Cl)c2c(c1C)OC(C)(C1CCN(CC3(F)CC3)CC1)O2. The van der Waals surface area contributed by atoms with Gasteiger partial charge < -0.3 is 24.7 Å². The van der Waals surface area contributed by atoms with Crippen molar-refractivity contribution in [1.82, 2.24) is 15.2 Å². The summed E-state index contributed by atoms with van der Waals surface area (Å²) in [7, 11) is 0. The van der Waals surface area contributed by atoms with Crippen LogP contribution < -0.4 is 20.3 Å². The lowest BCUT2D eigenvalue weighted by molar-refractivity contribution is -0.125. The lowest BCUT2D eigenvalue weighted by Crippen LogP contribution is -2.49. The van der Waals surface area contributed by atoms with Gasteiger partial charge in [0.25, 0.3) is 17.3 Å². The van der Waals surface area contributed by atoms with Gasteiger partial charge in [-0.15, -0.1) is 11.8 Å². The van der Waals surface area contributed by atoms with Crippen molar-refractivity contribution < 1.29 is 18.7 Å². The summed E-state index contributed by atoms with van der Waals surface area (Å²) in [6.45, 7) is 7.74. The van der Waals surface area contributed by atoms with Crippen LogP contribution in [0.2, 0.25) is 5.02 Å². The first kappa shape index (κ1) is 26.4. The van der Waals surface area contributed by atoms with Crippen LogP contribution in [0.4, 0.5) is 4.39 Å². The predicted octanol–water partition coefficient (Wildman–Crippen LogP) is 5.00. The predicted molar refractivity (Wildman–Crippen MR) is 143 cm³/mol. The first-order chi connectivity index (χ1) is 17.5. The van der Waals surface area contributed by atoms with E-state index in [0.29, 0.717) is 52.6 Å². The number of likely N-dealkylation sites (tertiary alicyclic amines) is 1. The minimum absolute atomic E-state index is 0.0899. The Hall–Kier alpha value is -2.23.